The number of benzene rings is 1. The lowest BCUT2D eigenvalue weighted by Gasteiger charge is -2.38. The van der Waals surface area contributed by atoms with Gasteiger partial charge in [-0.15, -0.1) is 10.2 Å². The summed E-state index contributed by atoms with van der Waals surface area (Å²) in [4.78, 5) is 31.1. The molecule has 7 nitrogen and oxygen atoms in total. The maximum absolute atomic E-state index is 12.7. The van der Waals surface area contributed by atoms with E-state index in [1.165, 1.54) is 28.7 Å². The van der Waals surface area contributed by atoms with Gasteiger partial charge in [0.2, 0.25) is 16.9 Å². The van der Waals surface area contributed by atoms with Gasteiger partial charge in [-0.1, -0.05) is 60.4 Å². The SMILES string of the molecule is CCC(=O)N(c1nnc(SCC(=O)N2CCN(C(C)c3ccccc3)CC2)s1)C1CC1. The Bertz CT molecular complexity index is 894. The van der Waals surface area contributed by atoms with Crippen LogP contribution in [0.25, 0.3) is 0 Å². The molecule has 1 aromatic heterocycles. The van der Waals surface area contributed by atoms with Crippen LogP contribution < -0.4 is 4.90 Å². The predicted molar refractivity (Wildman–Crippen MR) is 124 cm³/mol. The first-order valence-electron chi connectivity index (χ1n) is 10.9. The number of anilines is 1. The summed E-state index contributed by atoms with van der Waals surface area (Å²) in [7, 11) is 0. The molecule has 1 saturated carbocycles. The summed E-state index contributed by atoms with van der Waals surface area (Å²) < 4.78 is 0.745. The number of aromatic nitrogens is 2. The molecule has 0 spiro atoms. The van der Waals surface area contributed by atoms with E-state index in [0.717, 1.165) is 43.4 Å². The maximum Gasteiger partial charge on any atom is 0.233 e. The lowest BCUT2D eigenvalue weighted by Crippen LogP contribution is -2.49. The lowest BCUT2D eigenvalue weighted by atomic mass is 10.1. The van der Waals surface area contributed by atoms with E-state index in [2.05, 4.69) is 46.3 Å². The summed E-state index contributed by atoms with van der Waals surface area (Å²) in [6.07, 6.45) is 2.52. The highest BCUT2D eigenvalue weighted by atomic mass is 32.2. The van der Waals surface area contributed by atoms with Crippen molar-refractivity contribution in [1.29, 1.82) is 0 Å². The number of rotatable bonds is 8. The van der Waals surface area contributed by atoms with Gasteiger partial charge in [0.25, 0.3) is 0 Å². The molecule has 1 aliphatic heterocycles. The van der Waals surface area contributed by atoms with Crippen molar-refractivity contribution < 1.29 is 9.59 Å². The van der Waals surface area contributed by atoms with E-state index in [4.69, 9.17) is 0 Å². The summed E-state index contributed by atoms with van der Waals surface area (Å²) in [6.45, 7) is 7.35. The minimum atomic E-state index is 0.0916. The summed E-state index contributed by atoms with van der Waals surface area (Å²) in [5.41, 5.74) is 1.31. The zero-order valence-electron chi connectivity index (χ0n) is 18.1. The molecule has 1 saturated heterocycles. The molecule has 2 fully saturated rings. The highest BCUT2D eigenvalue weighted by Crippen LogP contribution is 2.36. The summed E-state index contributed by atoms with van der Waals surface area (Å²) in [6, 6.07) is 11.1. The fraction of sp³-hybridized carbons (Fsp3) is 0.545. The lowest BCUT2D eigenvalue weighted by molar-refractivity contribution is -0.130. The van der Waals surface area contributed by atoms with Gasteiger partial charge in [0.15, 0.2) is 4.34 Å². The second kappa shape index (κ2) is 10.1. The standard InChI is InChI=1S/C22H29N5O2S2/c1-3-19(28)27(18-9-10-18)21-23-24-22(31-21)30-15-20(29)26-13-11-25(12-14-26)16(2)17-7-5-4-6-8-17/h4-8,16,18H,3,9-15H2,1-2H3. The Hall–Kier alpha value is -1.97. The van der Waals surface area contributed by atoms with Crippen LogP contribution in [0.1, 0.15) is 44.7 Å². The van der Waals surface area contributed by atoms with Crippen LogP contribution in [0.5, 0.6) is 0 Å². The number of amides is 2. The van der Waals surface area contributed by atoms with Crippen molar-refractivity contribution in [2.45, 2.75) is 49.5 Å². The van der Waals surface area contributed by atoms with Crippen LogP contribution in [0, 0.1) is 0 Å². The number of hydrogen-bond donors (Lipinski definition) is 0. The van der Waals surface area contributed by atoms with Gasteiger partial charge in [0.1, 0.15) is 0 Å². The molecule has 1 unspecified atom stereocenters. The van der Waals surface area contributed by atoms with Gasteiger partial charge in [0.05, 0.1) is 5.75 Å². The first-order chi connectivity index (χ1) is 15.1. The molecule has 9 heteroatoms. The molecule has 2 aliphatic rings. The largest absolute Gasteiger partial charge is 0.339 e. The van der Waals surface area contributed by atoms with E-state index in [-0.39, 0.29) is 17.9 Å². The number of thioether (sulfide) groups is 1. The molecule has 0 radical (unpaired) electrons. The summed E-state index contributed by atoms with van der Waals surface area (Å²) in [5, 5.41) is 9.09. The minimum absolute atomic E-state index is 0.0916. The number of carbonyl (C=O) groups excluding carboxylic acids is 2. The molecule has 166 valence electrons. The van der Waals surface area contributed by atoms with E-state index in [1.54, 1.807) is 4.90 Å². The monoisotopic (exact) mass is 459 g/mol. The van der Waals surface area contributed by atoms with Crippen LogP contribution in [0.4, 0.5) is 5.13 Å². The Morgan fingerprint density at radius 2 is 1.87 bits per heavy atom. The Kier molecular flexibility index (Phi) is 7.24. The number of carbonyl (C=O) groups is 2. The molecule has 2 aromatic rings. The smallest absolute Gasteiger partial charge is 0.233 e. The third-order valence-electron chi connectivity index (χ3n) is 5.90. The number of nitrogens with zero attached hydrogens (tertiary/aromatic N) is 5. The molecule has 2 amide bonds. The van der Waals surface area contributed by atoms with Crippen molar-refractivity contribution >= 4 is 40.0 Å². The summed E-state index contributed by atoms with van der Waals surface area (Å²) >= 11 is 2.83. The fourth-order valence-electron chi connectivity index (χ4n) is 3.84. The molecule has 31 heavy (non-hydrogen) atoms. The molecule has 1 atom stereocenters. The Balaban J connectivity index is 1.25. The second-order valence-corrected chi connectivity index (χ2v) is 10.2. The topological polar surface area (TPSA) is 69.6 Å². The third kappa shape index (κ3) is 5.45. The van der Waals surface area contributed by atoms with Crippen molar-refractivity contribution in [2.24, 2.45) is 0 Å². The first kappa shape index (κ1) is 22.2. The zero-order valence-corrected chi connectivity index (χ0v) is 19.7. The van der Waals surface area contributed by atoms with Crippen LogP contribution in [0.2, 0.25) is 0 Å². The number of piperazine rings is 1. The van der Waals surface area contributed by atoms with Crippen molar-refractivity contribution in [1.82, 2.24) is 20.0 Å². The zero-order chi connectivity index (χ0) is 21.8. The minimum Gasteiger partial charge on any atom is -0.339 e. The number of hydrogen-bond acceptors (Lipinski definition) is 7. The molecule has 2 heterocycles. The van der Waals surface area contributed by atoms with Crippen molar-refractivity contribution in [2.75, 3.05) is 36.8 Å². The van der Waals surface area contributed by atoms with Crippen LogP contribution in [-0.2, 0) is 9.59 Å². The predicted octanol–water partition coefficient (Wildman–Crippen LogP) is 3.44. The molecule has 4 rings (SSSR count). The van der Waals surface area contributed by atoms with E-state index >= 15 is 0 Å². The fourth-order valence-corrected chi connectivity index (χ4v) is 5.68. The van der Waals surface area contributed by atoms with Crippen LogP contribution >= 0.6 is 23.1 Å². The average Bonchev–Trinajstić information content (AvgIpc) is 3.54. The van der Waals surface area contributed by atoms with Gasteiger partial charge in [-0.2, -0.15) is 0 Å². The molecular weight excluding hydrogens is 430 g/mol. The van der Waals surface area contributed by atoms with Crippen LogP contribution in [0.3, 0.4) is 0 Å². The molecule has 1 aromatic carbocycles. The third-order valence-corrected chi connectivity index (χ3v) is 7.94. The molecule has 0 N–H and O–H groups in total. The van der Waals surface area contributed by atoms with E-state index in [0.29, 0.717) is 23.3 Å². The molecule has 0 bridgehead atoms. The molecule has 1 aliphatic carbocycles. The van der Waals surface area contributed by atoms with Crippen LogP contribution in [-0.4, -0.2) is 69.8 Å². The Morgan fingerprint density at radius 1 is 1.16 bits per heavy atom. The van der Waals surface area contributed by atoms with Crippen molar-refractivity contribution in [3.63, 3.8) is 0 Å². The Morgan fingerprint density at radius 3 is 2.52 bits per heavy atom. The van der Waals surface area contributed by atoms with E-state index < -0.39 is 0 Å². The maximum atomic E-state index is 12.7. The van der Waals surface area contributed by atoms with E-state index in [9.17, 15) is 9.59 Å². The normalized spacial score (nSPS) is 18.1. The van der Waals surface area contributed by atoms with Gasteiger partial charge >= 0.3 is 0 Å². The van der Waals surface area contributed by atoms with Crippen LogP contribution in [0.15, 0.2) is 34.7 Å². The van der Waals surface area contributed by atoms with Gasteiger partial charge in [-0.05, 0) is 25.3 Å². The van der Waals surface area contributed by atoms with E-state index in [1.807, 2.05) is 17.9 Å². The van der Waals surface area contributed by atoms with Crippen molar-refractivity contribution in [3.05, 3.63) is 35.9 Å². The quantitative estimate of drug-likeness (QED) is 0.445. The first-order valence-corrected chi connectivity index (χ1v) is 12.7. The second-order valence-electron chi connectivity index (χ2n) is 7.99. The van der Waals surface area contributed by atoms with Crippen molar-refractivity contribution in [3.8, 4) is 0 Å². The highest BCUT2D eigenvalue weighted by molar-refractivity contribution is 8.01. The average molecular weight is 460 g/mol. The Labute approximate surface area is 191 Å². The van der Waals surface area contributed by atoms with Gasteiger partial charge in [0, 0.05) is 44.7 Å². The van der Waals surface area contributed by atoms with Gasteiger partial charge in [-0.3, -0.25) is 19.4 Å². The summed E-state index contributed by atoms with van der Waals surface area (Å²) in [5.74, 6) is 0.583. The van der Waals surface area contributed by atoms with Gasteiger partial charge < -0.3 is 4.90 Å². The molecular formula is C22H29N5O2S2. The highest BCUT2D eigenvalue weighted by Gasteiger charge is 2.35. The van der Waals surface area contributed by atoms with Gasteiger partial charge in [-0.25, -0.2) is 0 Å².